The van der Waals surface area contributed by atoms with E-state index in [0.29, 0.717) is 18.6 Å². The maximum Gasteiger partial charge on any atom is 0.257 e. The molecule has 0 fully saturated rings. The number of thioether (sulfide) groups is 1. The SMILES string of the molecule is CCCC(O)C(CC)NC(=O)c1cc(F)cnc1Oc1cccc(SCC)c1. The van der Waals surface area contributed by atoms with E-state index in [1.165, 1.54) is 0 Å². The van der Waals surface area contributed by atoms with Crippen LogP contribution in [0.1, 0.15) is 50.4 Å². The predicted octanol–water partition coefficient (Wildman–Crippen LogP) is 4.79. The zero-order valence-electron chi connectivity index (χ0n) is 16.4. The van der Waals surface area contributed by atoms with Gasteiger partial charge in [0.05, 0.1) is 18.3 Å². The molecule has 2 atom stereocenters. The van der Waals surface area contributed by atoms with E-state index in [1.54, 1.807) is 17.8 Å². The Bertz CT molecular complexity index is 788. The molecule has 0 radical (unpaired) electrons. The predicted molar refractivity (Wildman–Crippen MR) is 110 cm³/mol. The van der Waals surface area contributed by atoms with Crippen molar-refractivity contribution in [1.82, 2.24) is 10.3 Å². The highest BCUT2D eigenvalue weighted by Crippen LogP contribution is 2.28. The van der Waals surface area contributed by atoms with Gasteiger partial charge in [-0.2, -0.15) is 0 Å². The minimum Gasteiger partial charge on any atom is -0.438 e. The van der Waals surface area contributed by atoms with Gasteiger partial charge < -0.3 is 15.2 Å². The van der Waals surface area contributed by atoms with Crippen LogP contribution in [0.2, 0.25) is 0 Å². The van der Waals surface area contributed by atoms with E-state index in [1.807, 2.05) is 32.0 Å². The molecule has 7 heteroatoms. The van der Waals surface area contributed by atoms with Gasteiger partial charge in [-0.3, -0.25) is 4.79 Å². The second-order valence-electron chi connectivity index (χ2n) is 6.36. The second-order valence-corrected chi connectivity index (χ2v) is 7.70. The number of halogens is 1. The van der Waals surface area contributed by atoms with Crippen molar-refractivity contribution in [3.05, 3.63) is 47.9 Å². The summed E-state index contributed by atoms with van der Waals surface area (Å²) in [5, 5.41) is 13.0. The largest absolute Gasteiger partial charge is 0.438 e. The van der Waals surface area contributed by atoms with Crippen LogP contribution in [0.25, 0.3) is 0 Å². The summed E-state index contributed by atoms with van der Waals surface area (Å²) in [5.41, 5.74) is -0.00399. The highest BCUT2D eigenvalue weighted by molar-refractivity contribution is 7.99. The first kappa shape index (κ1) is 22.2. The third-order valence-corrected chi connectivity index (χ3v) is 5.07. The van der Waals surface area contributed by atoms with Crippen molar-refractivity contribution in [2.75, 3.05) is 5.75 Å². The van der Waals surface area contributed by atoms with Gasteiger partial charge in [-0.05, 0) is 42.9 Å². The Morgan fingerprint density at radius 1 is 1.32 bits per heavy atom. The summed E-state index contributed by atoms with van der Waals surface area (Å²) in [6, 6.07) is 8.10. The molecule has 2 unspecified atom stereocenters. The smallest absolute Gasteiger partial charge is 0.257 e. The number of nitrogens with zero attached hydrogens (tertiary/aromatic N) is 1. The third kappa shape index (κ3) is 6.21. The maximum absolute atomic E-state index is 13.8. The van der Waals surface area contributed by atoms with Gasteiger partial charge in [-0.25, -0.2) is 9.37 Å². The van der Waals surface area contributed by atoms with Crippen LogP contribution in [0.5, 0.6) is 11.6 Å². The van der Waals surface area contributed by atoms with Crippen molar-refractivity contribution in [1.29, 1.82) is 0 Å². The number of benzene rings is 1. The van der Waals surface area contributed by atoms with Crippen LogP contribution in [0.4, 0.5) is 4.39 Å². The average molecular weight is 407 g/mol. The molecule has 0 spiro atoms. The monoisotopic (exact) mass is 406 g/mol. The van der Waals surface area contributed by atoms with Crippen LogP contribution < -0.4 is 10.1 Å². The lowest BCUT2D eigenvalue weighted by molar-refractivity contribution is 0.0803. The first-order chi connectivity index (χ1) is 13.5. The lowest BCUT2D eigenvalue weighted by Crippen LogP contribution is -2.43. The van der Waals surface area contributed by atoms with Crippen LogP contribution in [-0.4, -0.2) is 33.9 Å². The first-order valence-electron chi connectivity index (χ1n) is 9.53. The van der Waals surface area contributed by atoms with E-state index in [9.17, 15) is 14.3 Å². The summed E-state index contributed by atoms with van der Waals surface area (Å²) in [7, 11) is 0. The second kappa shape index (κ2) is 11.0. The molecule has 2 aromatic rings. The molecule has 28 heavy (non-hydrogen) atoms. The number of carbonyl (C=O) groups excluding carboxylic acids is 1. The number of aliphatic hydroxyl groups is 1. The fraction of sp³-hybridized carbons (Fsp3) is 0.429. The number of rotatable bonds is 10. The summed E-state index contributed by atoms with van der Waals surface area (Å²) in [6.45, 7) is 5.90. The number of nitrogens with one attached hydrogen (secondary N) is 1. The zero-order valence-corrected chi connectivity index (χ0v) is 17.3. The average Bonchev–Trinajstić information content (AvgIpc) is 2.68. The van der Waals surface area contributed by atoms with Crippen LogP contribution in [0, 0.1) is 5.82 Å². The molecule has 1 aromatic heterocycles. The van der Waals surface area contributed by atoms with E-state index in [0.717, 1.165) is 29.3 Å². The molecule has 0 aliphatic rings. The molecule has 1 amide bonds. The maximum atomic E-state index is 13.8. The lowest BCUT2D eigenvalue weighted by Gasteiger charge is -2.23. The highest BCUT2D eigenvalue weighted by atomic mass is 32.2. The summed E-state index contributed by atoms with van der Waals surface area (Å²) in [5.74, 6) is 0.310. The summed E-state index contributed by atoms with van der Waals surface area (Å²) >= 11 is 1.66. The van der Waals surface area contributed by atoms with Crippen molar-refractivity contribution in [2.45, 2.75) is 57.1 Å². The molecular weight excluding hydrogens is 379 g/mol. The number of hydrogen-bond acceptors (Lipinski definition) is 5. The molecule has 0 saturated carbocycles. The van der Waals surface area contributed by atoms with E-state index in [2.05, 4.69) is 17.2 Å². The number of pyridine rings is 1. The van der Waals surface area contributed by atoms with Crippen molar-refractivity contribution in [3.8, 4) is 11.6 Å². The van der Waals surface area contributed by atoms with Crippen LogP contribution >= 0.6 is 11.8 Å². The van der Waals surface area contributed by atoms with Gasteiger partial charge in [0.25, 0.3) is 5.91 Å². The highest BCUT2D eigenvalue weighted by Gasteiger charge is 2.23. The number of amides is 1. The summed E-state index contributed by atoms with van der Waals surface area (Å²) in [6.07, 6.45) is 2.29. The molecule has 1 heterocycles. The number of carbonyl (C=O) groups is 1. The number of ether oxygens (including phenoxy) is 1. The van der Waals surface area contributed by atoms with Gasteiger partial charge in [-0.1, -0.05) is 33.3 Å². The van der Waals surface area contributed by atoms with E-state index < -0.39 is 23.9 Å². The fourth-order valence-electron chi connectivity index (χ4n) is 2.79. The van der Waals surface area contributed by atoms with E-state index in [4.69, 9.17) is 4.74 Å². The van der Waals surface area contributed by atoms with Crippen LogP contribution in [0.3, 0.4) is 0 Å². The zero-order chi connectivity index (χ0) is 20.5. The van der Waals surface area contributed by atoms with Gasteiger partial charge >= 0.3 is 0 Å². The molecule has 0 bridgehead atoms. The molecule has 1 aromatic carbocycles. The molecule has 5 nitrogen and oxygen atoms in total. The Kier molecular flexibility index (Phi) is 8.73. The van der Waals surface area contributed by atoms with Crippen LogP contribution in [0.15, 0.2) is 41.4 Å². The lowest BCUT2D eigenvalue weighted by atomic mass is 10.0. The van der Waals surface area contributed by atoms with Crippen molar-refractivity contribution in [3.63, 3.8) is 0 Å². The molecule has 0 aliphatic carbocycles. The van der Waals surface area contributed by atoms with E-state index in [-0.39, 0.29) is 11.4 Å². The molecule has 0 aliphatic heterocycles. The summed E-state index contributed by atoms with van der Waals surface area (Å²) < 4.78 is 19.5. The quantitative estimate of drug-likeness (QED) is 0.555. The van der Waals surface area contributed by atoms with Gasteiger partial charge in [0.2, 0.25) is 5.88 Å². The van der Waals surface area contributed by atoms with Crippen molar-refractivity contribution in [2.24, 2.45) is 0 Å². The Morgan fingerprint density at radius 2 is 2.11 bits per heavy atom. The standard InChI is InChI=1S/C21H27FN2O3S/c1-4-8-19(25)18(5-2)24-20(26)17-11-14(22)13-23-21(17)27-15-9-7-10-16(12-15)28-6-3/h7,9-13,18-19,25H,4-6,8H2,1-3H3,(H,24,26). The fourth-order valence-corrected chi connectivity index (χ4v) is 3.50. The van der Waals surface area contributed by atoms with Gasteiger partial charge in [0.15, 0.2) is 0 Å². The molecule has 2 N–H and O–H groups in total. The minimum absolute atomic E-state index is 0.00399. The topological polar surface area (TPSA) is 71.5 Å². The first-order valence-corrected chi connectivity index (χ1v) is 10.5. The molecule has 2 rings (SSSR count). The molecular formula is C21H27FN2O3S. The summed E-state index contributed by atoms with van der Waals surface area (Å²) in [4.78, 5) is 17.7. The Balaban J connectivity index is 2.23. The minimum atomic E-state index is -0.660. The third-order valence-electron chi connectivity index (χ3n) is 4.20. The number of aromatic nitrogens is 1. The van der Waals surface area contributed by atoms with E-state index >= 15 is 0 Å². The van der Waals surface area contributed by atoms with Gasteiger partial charge in [-0.15, -0.1) is 11.8 Å². The van der Waals surface area contributed by atoms with Crippen LogP contribution in [-0.2, 0) is 0 Å². The Morgan fingerprint density at radius 3 is 2.79 bits per heavy atom. The number of hydrogen-bond donors (Lipinski definition) is 2. The number of aliphatic hydroxyl groups excluding tert-OH is 1. The van der Waals surface area contributed by atoms with Gasteiger partial charge in [0.1, 0.15) is 17.1 Å². The molecule has 0 saturated heterocycles. The normalized spacial score (nSPS) is 13.0. The van der Waals surface area contributed by atoms with Crippen molar-refractivity contribution >= 4 is 17.7 Å². The van der Waals surface area contributed by atoms with Crippen molar-refractivity contribution < 1.29 is 19.0 Å². The van der Waals surface area contributed by atoms with Gasteiger partial charge in [0, 0.05) is 4.90 Å². The Hall–Kier alpha value is -2.12. The molecule has 152 valence electrons. The Labute approximate surface area is 169 Å².